The third kappa shape index (κ3) is 5.61. The minimum absolute atomic E-state index is 0.0627. The Kier molecular flexibility index (Phi) is 7.13. The fraction of sp³-hybridized carbons (Fsp3) is 0.280. The summed E-state index contributed by atoms with van der Waals surface area (Å²) < 4.78 is 0. The topological polar surface area (TPSA) is 95.7 Å². The number of nitrogens with zero attached hydrogens (tertiary/aromatic N) is 1. The smallest absolute Gasteiger partial charge is 0.255 e. The SMILES string of the molecule is CC[P+]1(O)CCN(C(=O)Cc2ccc(C(=O)Nc3cc(-c4cccs4)ccc3N)cc2)CC1. The summed E-state index contributed by atoms with van der Waals surface area (Å²) in [6.07, 6.45) is 2.57. The minimum Gasteiger partial charge on any atom is -0.397 e. The number of anilines is 2. The predicted octanol–water partition coefficient (Wildman–Crippen LogP) is 4.58. The van der Waals surface area contributed by atoms with Crippen molar-refractivity contribution in [1.29, 1.82) is 0 Å². The fourth-order valence-corrected chi connectivity index (χ4v) is 6.73. The van der Waals surface area contributed by atoms with Crippen LogP contribution in [-0.2, 0) is 11.2 Å². The molecule has 3 aromatic rings. The Hall–Kier alpha value is -2.73. The molecule has 1 aliphatic rings. The highest BCUT2D eigenvalue weighted by Crippen LogP contribution is 2.55. The molecule has 0 spiro atoms. The second-order valence-corrected chi connectivity index (χ2v) is 13.0. The molecular formula is C25H29N3O3PS+. The van der Waals surface area contributed by atoms with E-state index < -0.39 is 7.49 Å². The molecule has 4 rings (SSSR count). The first-order valence-electron chi connectivity index (χ1n) is 11.1. The highest BCUT2D eigenvalue weighted by molar-refractivity contribution is 7.70. The van der Waals surface area contributed by atoms with Crippen LogP contribution >= 0.6 is 18.8 Å². The van der Waals surface area contributed by atoms with Gasteiger partial charge < -0.3 is 16.0 Å². The van der Waals surface area contributed by atoms with Gasteiger partial charge in [0.15, 0.2) is 0 Å². The van der Waals surface area contributed by atoms with Gasteiger partial charge in [-0.15, -0.1) is 11.3 Å². The lowest BCUT2D eigenvalue weighted by molar-refractivity contribution is -0.130. The highest BCUT2D eigenvalue weighted by Gasteiger charge is 2.39. The number of carbonyl (C=O) groups is 2. The molecule has 0 unspecified atom stereocenters. The van der Waals surface area contributed by atoms with Crippen molar-refractivity contribution in [2.24, 2.45) is 0 Å². The maximum atomic E-state index is 12.8. The predicted molar refractivity (Wildman–Crippen MR) is 138 cm³/mol. The maximum Gasteiger partial charge on any atom is 0.255 e. The van der Waals surface area contributed by atoms with Gasteiger partial charge in [-0.3, -0.25) is 14.5 Å². The normalized spacial score (nSPS) is 15.3. The van der Waals surface area contributed by atoms with Crippen LogP contribution in [0.25, 0.3) is 10.4 Å². The fourth-order valence-electron chi connectivity index (χ4n) is 3.92. The van der Waals surface area contributed by atoms with Crippen molar-refractivity contribution in [2.45, 2.75) is 13.3 Å². The Balaban J connectivity index is 1.37. The summed E-state index contributed by atoms with van der Waals surface area (Å²) in [7, 11) is -1.82. The van der Waals surface area contributed by atoms with Crippen LogP contribution < -0.4 is 11.1 Å². The van der Waals surface area contributed by atoms with Crippen LogP contribution in [-0.4, -0.2) is 53.2 Å². The molecule has 1 saturated heterocycles. The van der Waals surface area contributed by atoms with Crippen molar-refractivity contribution in [2.75, 3.05) is 42.6 Å². The molecule has 0 bridgehead atoms. The zero-order chi connectivity index (χ0) is 23.4. The van der Waals surface area contributed by atoms with E-state index >= 15 is 0 Å². The lowest BCUT2D eigenvalue weighted by Crippen LogP contribution is -2.41. The van der Waals surface area contributed by atoms with E-state index in [1.165, 1.54) is 0 Å². The monoisotopic (exact) mass is 482 g/mol. The molecule has 2 heterocycles. The van der Waals surface area contributed by atoms with Gasteiger partial charge >= 0.3 is 0 Å². The van der Waals surface area contributed by atoms with Gasteiger partial charge in [0.2, 0.25) is 5.91 Å². The molecule has 1 fully saturated rings. The van der Waals surface area contributed by atoms with E-state index in [0.717, 1.165) is 34.5 Å². The van der Waals surface area contributed by atoms with E-state index in [-0.39, 0.29) is 11.8 Å². The van der Waals surface area contributed by atoms with Gasteiger partial charge in [-0.25, -0.2) is 0 Å². The summed E-state index contributed by atoms with van der Waals surface area (Å²) in [5.74, 6) is -0.186. The van der Waals surface area contributed by atoms with E-state index in [1.54, 1.807) is 29.5 Å². The second kappa shape index (κ2) is 10.0. The summed E-state index contributed by atoms with van der Waals surface area (Å²) in [4.78, 5) is 38.8. The molecule has 1 aliphatic heterocycles. The van der Waals surface area contributed by atoms with Crippen LogP contribution in [0.4, 0.5) is 11.4 Å². The zero-order valence-corrected chi connectivity index (χ0v) is 20.4. The maximum absolute atomic E-state index is 12.8. The van der Waals surface area contributed by atoms with E-state index in [2.05, 4.69) is 5.32 Å². The molecule has 0 radical (unpaired) electrons. The van der Waals surface area contributed by atoms with Crippen molar-refractivity contribution in [3.8, 4) is 10.4 Å². The highest BCUT2D eigenvalue weighted by atomic mass is 32.1. The number of hydrogen-bond acceptors (Lipinski definition) is 5. The number of rotatable bonds is 6. The van der Waals surface area contributed by atoms with Crippen LogP contribution in [0.3, 0.4) is 0 Å². The van der Waals surface area contributed by atoms with Gasteiger partial charge in [0.25, 0.3) is 5.91 Å². The molecule has 2 amide bonds. The van der Waals surface area contributed by atoms with Crippen LogP contribution in [0.5, 0.6) is 0 Å². The number of carbonyl (C=O) groups excluding carboxylic acids is 2. The summed E-state index contributed by atoms with van der Waals surface area (Å²) in [5.41, 5.74) is 9.52. The lowest BCUT2D eigenvalue weighted by Gasteiger charge is -2.32. The Morgan fingerprint density at radius 1 is 1.12 bits per heavy atom. The average molecular weight is 483 g/mol. The third-order valence-electron chi connectivity index (χ3n) is 6.19. The lowest BCUT2D eigenvalue weighted by atomic mass is 10.1. The van der Waals surface area contributed by atoms with Gasteiger partial charge in [-0.05, 0) is 53.8 Å². The molecule has 0 atom stereocenters. The molecule has 8 heteroatoms. The average Bonchev–Trinajstić information content (AvgIpc) is 3.36. The Bertz CT molecular complexity index is 1120. The Morgan fingerprint density at radius 2 is 1.85 bits per heavy atom. The molecule has 2 aromatic carbocycles. The van der Waals surface area contributed by atoms with Crippen LogP contribution in [0.1, 0.15) is 22.8 Å². The molecule has 4 N–H and O–H groups in total. The van der Waals surface area contributed by atoms with Crippen molar-refractivity contribution < 1.29 is 14.5 Å². The Morgan fingerprint density at radius 3 is 2.48 bits per heavy atom. The molecule has 0 saturated carbocycles. The number of hydrogen-bond donors (Lipinski definition) is 3. The van der Waals surface area contributed by atoms with Crippen molar-refractivity contribution in [3.63, 3.8) is 0 Å². The van der Waals surface area contributed by atoms with Gasteiger partial charge in [0.05, 0.1) is 37.0 Å². The summed E-state index contributed by atoms with van der Waals surface area (Å²) in [6, 6.07) is 16.7. The second-order valence-electron chi connectivity index (χ2n) is 8.35. The number of amides is 2. The number of thiophene rings is 1. The minimum atomic E-state index is -1.82. The first-order chi connectivity index (χ1) is 15.9. The molecule has 33 heavy (non-hydrogen) atoms. The van der Waals surface area contributed by atoms with Gasteiger partial charge in [-0.2, -0.15) is 0 Å². The molecular weight excluding hydrogens is 453 g/mol. The van der Waals surface area contributed by atoms with E-state index in [1.807, 2.05) is 53.6 Å². The number of nitrogens with one attached hydrogen (secondary N) is 1. The van der Waals surface area contributed by atoms with Gasteiger partial charge in [0.1, 0.15) is 19.8 Å². The number of nitrogen functional groups attached to an aromatic ring is 1. The summed E-state index contributed by atoms with van der Waals surface area (Å²) >= 11 is 1.63. The molecule has 172 valence electrons. The quantitative estimate of drug-likeness (QED) is 0.354. The summed E-state index contributed by atoms with van der Waals surface area (Å²) in [6.45, 7) is 3.28. The van der Waals surface area contributed by atoms with Crippen molar-refractivity contribution in [1.82, 2.24) is 4.90 Å². The van der Waals surface area contributed by atoms with Crippen LogP contribution in [0, 0.1) is 0 Å². The van der Waals surface area contributed by atoms with E-state index in [0.29, 0.717) is 36.4 Å². The van der Waals surface area contributed by atoms with Crippen molar-refractivity contribution >= 4 is 42.0 Å². The van der Waals surface area contributed by atoms with Crippen LogP contribution in [0.15, 0.2) is 60.0 Å². The van der Waals surface area contributed by atoms with E-state index in [9.17, 15) is 14.5 Å². The largest absolute Gasteiger partial charge is 0.397 e. The molecule has 6 nitrogen and oxygen atoms in total. The van der Waals surface area contributed by atoms with Gasteiger partial charge in [-0.1, -0.05) is 24.3 Å². The molecule has 0 aliphatic carbocycles. The zero-order valence-electron chi connectivity index (χ0n) is 18.7. The first-order valence-corrected chi connectivity index (χ1v) is 14.2. The van der Waals surface area contributed by atoms with Gasteiger partial charge in [0, 0.05) is 10.4 Å². The summed E-state index contributed by atoms with van der Waals surface area (Å²) in [5, 5.41) is 4.91. The van der Waals surface area contributed by atoms with Crippen LogP contribution in [0.2, 0.25) is 0 Å². The number of benzene rings is 2. The number of nitrogens with two attached hydrogens (primary N) is 1. The van der Waals surface area contributed by atoms with Crippen molar-refractivity contribution in [3.05, 3.63) is 71.1 Å². The van der Waals surface area contributed by atoms with E-state index in [4.69, 9.17) is 5.73 Å². The standard InChI is InChI=1S/C25H28N3O3PS/c1-2-32(31)13-11-28(12-14-32)24(29)16-18-5-7-19(8-6-18)25(30)27-22-17-20(9-10-21(22)26)23-4-3-15-33-23/h3-10,15,17,31H,2,11-14,16,26H2,1H3/p+1. The Labute approximate surface area is 198 Å². The molecule has 1 aromatic heterocycles. The third-order valence-corrected chi connectivity index (χ3v) is 10.4. The first kappa shape index (κ1) is 23.4.